The molecule has 1 atom stereocenters. The average Bonchev–Trinajstić information content (AvgIpc) is 2.56. The van der Waals surface area contributed by atoms with Crippen molar-refractivity contribution in [1.29, 1.82) is 0 Å². The molecule has 0 radical (unpaired) electrons. The molecule has 1 aromatic carbocycles. The van der Waals surface area contributed by atoms with Crippen molar-refractivity contribution in [3.05, 3.63) is 35.9 Å². The molecule has 0 bridgehead atoms. The van der Waals surface area contributed by atoms with Crippen molar-refractivity contribution >= 4 is 11.8 Å². The molecule has 0 heterocycles. The zero-order valence-corrected chi connectivity index (χ0v) is 13.8. The van der Waals surface area contributed by atoms with E-state index >= 15 is 0 Å². The standard InChI is InChI=1S/C17H27N3O2/c1-4-15(14-10-8-7-9-11-14)19-16(21)12-18-17(22)13-20(5-2)6-3/h7-11,15H,4-6,12-13H2,1-3H3,(H,18,22)(H,19,21). The quantitative estimate of drug-likeness (QED) is 0.730. The Morgan fingerprint density at radius 3 is 2.23 bits per heavy atom. The van der Waals surface area contributed by atoms with Crippen LogP contribution in [0.1, 0.15) is 38.8 Å². The third kappa shape index (κ3) is 6.26. The highest BCUT2D eigenvalue weighted by atomic mass is 16.2. The summed E-state index contributed by atoms with van der Waals surface area (Å²) in [7, 11) is 0. The minimum atomic E-state index is -0.163. The first-order valence-corrected chi connectivity index (χ1v) is 7.94. The van der Waals surface area contributed by atoms with Gasteiger partial charge >= 0.3 is 0 Å². The van der Waals surface area contributed by atoms with Gasteiger partial charge in [0.15, 0.2) is 0 Å². The molecule has 1 rings (SSSR count). The second-order valence-electron chi connectivity index (χ2n) is 5.18. The number of hydrogen-bond acceptors (Lipinski definition) is 3. The SMILES string of the molecule is CCC(NC(=O)CNC(=O)CN(CC)CC)c1ccccc1. The molecule has 5 nitrogen and oxygen atoms in total. The number of amides is 2. The van der Waals surface area contributed by atoms with Gasteiger partial charge in [0.1, 0.15) is 0 Å². The molecule has 0 aliphatic heterocycles. The van der Waals surface area contributed by atoms with Crippen LogP contribution in [0, 0.1) is 0 Å². The summed E-state index contributed by atoms with van der Waals surface area (Å²) in [5.74, 6) is -0.282. The second-order valence-corrected chi connectivity index (χ2v) is 5.18. The molecule has 22 heavy (non-hydrogen) atoms. The second kappa shape index (κ2) is 9.95. The number of carbonyl (C=O) groups is 2. The van der Waals surface area contributed by atoms with E-state index in [0.29, 0.717) is 6.54 Å². The fourth-order valence-electron chi connectivity index (χ4n) is 2.24. The predicted octanol–water partition coefficient (Wildman–Crippen LogP) is 1.71. The molecular weight excluding hydrogens is 278 g/mol. The first-order chi connectivity index (χ1) is 10.6. The van der Waals surface area contributed by atoms with Gasteiger partial charge in [-0.25, -0.2) is 0 Å². The Balaban J connectivity index is 2.40. The number of nitrogens with one attached hydrogen (secondary N) is 2. The summed E-state index contributed by atoms with van der Waals surface area (Å²) in [6.07, 6.45) is 0.809. The number of benzene rings is 1. The number of carbonyl (C=O) groups excluding carboxylic acids is 2. The predicted molar refractivity (Wildman–Crippen MR) is 88.4 cm³/mol. The van der Waals surface area contributed by atoms with Gasteiger partial charge in [0.25, 0.3) is 0 Å². The molecule has 2 N–H and O–H groups in total. The van der Waals surface area contributed by atoms with Crippen molar-refractivity contribution in [2.75, 3.05) is 26.2 Å². The summed E-state index contributed by atoms with van der Waals surface area (Å²) in [4.78, 5) is 25.7. The zero-order chi connectivity index (χ0) is 16.4. The normalized spacial score (nSPS) is 12.0. The lowest BCUT2D eigenvalue weighted by molar-refractivity contribution is -0.127. The van der Waals surface area contributed by atoms with Crippen LogP contribution in [0.4, 0.5) is 0 Å². The fraction of sp³-hybridized carbons (Fsp3) is 0.529. The van der Waals surface area contributed by atoms with Crippen molar-refractivity contribution in [1.82, 2.24) is 15.5 Å². The van der Waals surface area contributed by atoms with Gasteiger partial charge in [-0.2, -0.15) is 0 Å². The molecule has 0 saturated heterocycles. The number of rotatable bonds is 9. The van der Waals surface area contributed by atoms with Crippen LogP contribution in [0.25, 0.3) is 0 Å². The van der Waals surface area contributed by atoms with Gasteiger partial charge in [-0.05, 0) is 25.1 Å². The van der Waals surface area contributed by atoms with E-state index < -0.39 is 0 Å². The van der Waals surface area contributed by atoms with Crippen LogP contribution in [0.5, 0.6) is 0 Å². The molecule has 1 unspecified atom stereocenters. The van der Waals surface area contributed by atoms with E-state index in [0.717, 1.165) is 25.1 Å². The third-order valence-corrected chi connectivity index (χ3v) is 3.65. The van der Waals surface area contributed by atoms with Crippen molar-refractivity contribution < 1.29 is 9.59 Å². The monoisotopic (exact) mass is 305 g/mol. The van der Waals surface area contributed by atoms with Crippen molar-refractivity contribution in [2.24, 2.45) is 0 Å². The van der Waals surface area contributed by atoms with Crippen LogP contribution in [0.2, 0.25) is 0 Å². The molecule has 0 aliphatic rings. The lowest BCUT2D eigenvalue weighted by atomic mass is 10.0. The largest absolute Gasteiger partial charge is 0.348 e. The average molecular weight is 305 g/mol. The van der Waals surface area contributed by atoms with Crippen LogP contribution in [-0.4, -0.2) is 42.9 Å². The minimum Gasteiger partial charge on any atom is -0.348 e. The van der Waals surface area contributed by atoms with Gasteiger partial charge in [0.2, 0.25) is 11.8 Å². The summed E-state index contributed by atoms with van der Waals surface area (Å²) < 4.78 is 0. The van der Waals surface area contributed by atoms with Gasteiger partial charge in [-0.15, -0.1) is 0 Å². The summed E-state index contributed by atoms with van der Waals surface area (Å²) in [5, 5.41) is 5.62. The van der Waals surface area contributed by atoms with E-state index in [1.165, 1.54) is 0 Å². The molecule has 0 saturated carbocycles. The number of likely N-dealkylation sites (N-methyl/N-ethyl adjacent to an activating group) is 1. The first-order valence-electron chi connectivity index (χ1n) is 7.94. The molecule has 0 aliphatic carbocycles. The molecule has 0 spiro atoms. The molecular formula is C17H27N3O2. The molecule has 122 valence electrons. The van der Waals surface area contributed by atoms with Gasteiger partial charge in [-0.1, -0.05) is 51.1 Å². The Morgan fingerprint density at radius 1 is 1.05 bits per heavy atom. The van der Waals surface area contributed by atoms with Crippen LogP contribution in [-0.2, 0) is 9.59 Å². The maximum atomic E-state index is 12.0. The molecule has 0 aromatic heterocycles. The van der Waals surface area contributed by atoms with Crippen molar-refractivity contribution in [3.8, 4) is 0 Å². The number of hydrogen-bond donors (Lipinski definition) is 2. The zero-order valence-electron chi connectivity index (χ0n) is 13.8. The van der Waals surface area contributed by atoms with Crippen LogP contribution >= 0.6 is 0 Å². The Kier molecular flexibility index (Phi) is 8.22. The Bertz CT molecular complexity index is 458. The first kappa shape index (κ1) is 18.2. The lowest BCUT2D eigenvalue weighted by Gasteiger charge is -2.19. The molecule has 1 aromatic rings. The van der Waals surface area contributed by atoms with Gasteiger partial charge in [0, 0.05) is 0 Å². The van der Waals surface area contributed by atoms with E-state index in [4.69, 9.17) is 0 Å². The Hall–Kier alpha value is -1.88. The molecule has 0 fully saturated rings. The van der Waals surface area contributed by atoms with E-state index in [2.05, 4.69) is 10.6 Å². The van der Waals surface area contributed by atoms with Crippen LogP contribution < -0.4 is 10.6 Å². The van der Waals surface area contributed by atoms with Crippen LogP contribution in [0.15, 0.2) is 30.3 Å². The summed E-state index contributed by atoms with van der Waals surface area (Å²) >= 11 is 0. The Labute approximate surface area is 133 Å². The third-order valence-electron chi connectivity index (χ3n) is 3.65. The summed E-state index contributed by atoms with van der Waals surface area (Å²) in [5.41, 5.74) is 1.08. The maximum Gasteiger partial charge on any atom is 0.239 e. The minimum absolute atomic E-state index is 0.0173. The topological polar surface area (TPSA) is 61.4 Å². The highest BCUT2D eigenvalue weighted by Gasteiger charge is 2.13. The smallest absolute Gasteiger partial charge is 0.239 e. The van der Waals surface area contributed by atoms with Gasteiger partial charge in [0.05, 0.1) is 19.1 Å². The Morgan fingerprint density at radius 2 is 1.68 bits per heavy atom. The van der Waals surface area contributed by atoms with E-state index in [9.17, 15) is 9.59 Å². The highest BCUT2D eigenvalue weighted by molar-refractivity contribution is 5.85. The molecule has 5 heteroatoms. The maximum absolute atomic E-state index is 12.0. The van der Waals surface area contributed by atoms with E-state index in [1.54, 1.807) is 0 Å². The highest BCUT2D eigenvalue weighted by Crippen LogP contribution is 2.15. The summed E-state index contributed by atoms with van der Waals surface area (Å²) in [6, 6.07) is 9.83. The van der Waals surface area contributed by atoms with Crippen LogP contribution in [0.3, 0.4) is 0 Å². The summed E-state index contributed by atoms with van der Waals surface area (Å²) in [6.45, 7) is 8.03. The fourth-order valence-corrected chi connectivity index (χ4v) is 2.24. The van der Waals surface area contributed by atoms with Gasteiger partial charge < -0.3 is 10.6 Å². The van der Waals surface area contributed by atoms with Gasteiger partial charge in [-0.3, -0.25) is 14.5 Å². The van der Waals surface area contributed by atoms with E-state index in [1.807, 2.05) is 56.0 Å². The van der Waals surface area contributed by atoms with Crippen molar-refractivity contribution in [2.45, 2.75) is 33.2 Å². The lowest BCUT2D eigenvalue weighted by Crippen LogP contribution is -2.42. The molecule has 2 amide bonds. The van der Waals surface area contributed by atoms with E-state index in [-0.39, 0.29) is 24.4 Å². The van der Waals surface area contributed by atoms with Crippen molar-refractivity contribution in [3.63, 3.8) is 0 Å². The number of nitrogens with zero attached hydrogens (tertiary/aromatic N) is 1.